The van der Waals surface area contributed by atoms with Crippen molar-refractivity contribution in [2.75, 3.05) is 5.32 Å². The lowest BCUT2D eigenvalue weighted by Gasteiger charge is -2.03. The summed E-state index contributed by atoms with van der Waals surface area (Å²) >= 11 is 0. The number of hydrogen-bond donors (Lipinski definition) is 1. The maximum atomic E-state index is 11.6. The van der Waals surface area contributed by atoms with Gasteiger partial charge in [0.15, 0.2) is 11.5 Å². The summed E-state index contributed by atoms with van der Waals surface area (Å²) < 4.78 is 5.37. The molecule has 4 nitrogen and oxygen atoms in total. The molecule has 0 saturated carbocycles. The van der Waals surface area contributed by atoms with E-state index in [-0.39, 0.29) is 5.91 Å². The average molecular weight is 232 g/mol. The van der Waals surface area contributed by atoms with Gasteiger partial charge in [-0.25, -0.2) is 4.98 Å². The molecule has 1 amide bonds. The van der Waals surface area contributed by atoms with Gasteiger partial charge in [0.1, 0.15) is 5.52 Å². The Balaban J connectivity index is 2.10. The van der Waals surface area contributed by atoms with E-state index in [0.29, 0.717) is 12.3 Å². The Morgan fingerprint density at radius 1 is 1.47 bits per heavy atom. The highest BCUT2D eigenvalue weighted by molar-refractivity contribution is 5.92. The lowest BCUT2D eigenvalue weighted by molar-refractivity contribution is -0.116. The Morgan fingerprint density at radius 2 is 2.29 bits per heavy atom. The van der Waals surface area contributed by atoms with E-state index in [1.807, 2.05) is 18.2 Å². The molecule has 0 fully saturated rings. The van der Waals surface area contributed by atoms with Crippen LogP contribution in [0, 0.1) is 6.92 Å². The molecule has 4 heteroatoms. The second-order valence-electron chi connectivity index (χ2n) is 4.07. The van der Waals surface area contributed by atoms with Crippen LogP contribution in [0.25, 0.3) is 11.1 Å². The molecule has 0 saturated heterocycles. The lowest BCUT2D eigenvalue weighted by Crippen LogP contribution is -2.10. The number of rotatable bonds is 4. The van der Waals surface area contributed by atoms with Crippen LogP contribution in [0.5, 0.6) is 0 Å². The molecule has 1 aromatic heterocycles. The Labute approximate surface area is 100 Å². The fourth-order valence-corrected chi connectivity index (χ4v) is 1.68. The number of fused-ring (bicyclic) bond motifs is 1. The van der Waals surface area contributed by atoms with Gasteiger partial charge in [-0.1, -0.05) is 13.3 Å². The van der Waals surface area contributed by atoms with Gasteiger partial charge in [0.25, 0.3) is 0 Å². The van der Waals surface area contributed by atoms with Crippen molar-refractivity contribution in [2.24, 2.45) is 0 Å². The number of anilines is 1. The van der Waals surface area contributed by atoms with Crippen molar-refractivity contribution in [3.05, 3.63) is 24.1 Å². The number of hydrogen-bond acceptors (Lipinski definition) is 3. The van der Waals surface area contributed by atoms with Gasteiger partial charge in [-0.3, -0.25) is 4.79 Å². The monoisotopic (exact) mass is 232 g/mol. The van der Waals surface area contributed by atoms with Gasteiger partial charge in [-0.05, 0) is 24.6 Å². The molecule has 2 rings (SSSR count). The van der Waals surface area contributed by atoms with Crippen molar-refractivity contribution in [3.8, 4) is 0 Å². The van der Waals surface area contributed by atoms with Gasteiger partial charge >= 0.3 is 0 Å². The van der Waals surface area contributed by atoms with E-state index in [9.17, 15) is 4.79 Å². The summed E-state index contributed by atoms with van der Waals surface area (Å²) in [6.07, 6.45) is 2.50. The molecule has 0 unspecified atom stereocenters. The highest BCUT2D eigenvalue weighted by Gasteiger charge is 2.05. The van der Waals surface area contributed by atoms with E-state index in [2.05, 4.69) is 17.2 Å². The maximum absolute atomic E-state index is 11.6. The fourth-order valence-electron chi connectivity index (χ4n) is 1.68. The first-order valence-electron chi connectivity index (χ1n) is 5.86. The molecule has 90 valence electrons. The molecule has 0 aliphatic rings. The number of aryl methyl sites for hydroxylation is 1. The molecule has 0 aliphatic carbocycles. The zero-order valence-corrected chi connectivity index (χ0v) is 10.1. The molecule has 1 aromatic carbocycles. The number of carbonyl (C=O) groups is 1. The number of unbranched alkanes of at least 4 members (excludes halogenated alkanes) is 1. The molecule has 1 N–H and O–H groups in total. The van der Waals surface area contributed by atoms with Crippen molar-refractivity contribution in [2.45, 2.75) is 33.1 Å². The first kappa shape index (κ1) is 11.6. The number of amides is 1. The van der Waals surface area contributed by atoms with Gasteiger partial charge < -0.3 is 9.73 Å². The van der Waals surface area contributed by atoms with Crippen LogP contribution in [0.15, 0.2) is 22.6 Å². The third-order valence-electron chi connectivity index (χ3n) is 2.54. The third-order valence-corrected chi connectivity index (χ3v) is 2.54. The van der Waals surface area contributed by atoms with Crippen LogP contribution in [0.2, 0.25) is 0 Å². The number of benzene rings is 1. The smallest absolute Gasteiger partial charge is 0.224 e. The van der Waals surface area contributed by atoms with Crippen LogP contribution in [0.1, 0.15) is 32.1 Å². The van der Waals surface area contributed by atoms with Crippen molar-refractivity contribution in [1.29, 1.82) is 0 Å². The van der Waals surface area contributed by atoms with Crippen LogP contribution in [-0.2, 0) is 4.79 Å². The zero-order valence-electron chi connectivity index (χ0n) is 10.1. The van der Waals surface area contributed by atoms with Crippen LogP contribution in [-0.4, -0.2) is 10.9 Å². The van der Waals surface area contributed by atoms with Gasteiger partial charge in [0.05, 0.1) is 0 Å². The summed E-state index contributed by atoms with van der Waals surface area (Å²) in [5.41, 5.74) is 2.29. The SMILES string of the molecule is CCCCC(=O)Nc1ccc2oc(C)nc2c1. The summed E-state index contributed by atoms with van der Waals surface area (Å²) in [6, 6.07) is 5.48. The molecular formula is C13H16N2O2. The first-order valence-corrected chi connectivity index (χ1v) is 5.86. The van der Waals surface area contributed by atoms with Gasteiger partial charge in [-0.2, -0.15) is 0 Å². The zero-order chi connectivity index (χ0) is 12.3. The maximum Gasteiger partial charge on any atom is 0.224 e. The molecule has 0 radical (unpaired) electrons. The molecule has 17 heavy (non-hydrogen) atoms. The van der Waals surface area contributed by atoms with E-state index < -0.39 is 0 Å². The second kappa shape index (κ2) is 4.99. The number of nitrogens with zero attached hydrogens (tertiary/aromatic N) is 1. The van der Waals surface area contributed by atoms with Crippen molar-refractivity contribution in [3.63, 3.8) is 0 Å². The molecule has 1 heterocycles. The van der Waals surface area contributed by atoms with Gasteiger partial charge in [0.2, 0.25) is 5.91 Å². The minimum Gasteiger partial charge on any atom is -0.441 e. The van der Waals surface area contributed by atoms with Crippen molar-refractivity contribution in [1.82, 2.24) is 4.98 Å². The molecule has 0 atom stereocenters. The summed E-state index contributed by atoms with van der Waals surface area (Å²) in [6.45, 7) is 3.87. The highest BCUT2D eigenvalue weighted by atomic mass is 16.3. The first-order chi connectivity index (χ1) is 8.19. The molecule has 0 spiro atoms. The molecule has 0 aliphatic heterocycles. The second-order valence-corrected chi connectivity index (χ2v) is 4.07. The van der Waals surface area contributed by atoms with Crippen LogP contribution in [0.3, 0.4) is 0 Å². The van der Waals surface area contributed by atoms with E-state index in [0.717, 1.165) is 29.6 Å². The predicted molar refractivity (Wildman–Crippen MR) is 66.9 cm³/mol. The average Bonchev–Trinajstić information content (AvgIpc) is 2.65. The topological polar surface area (TPSA) is 55.1 Å². The predicted octanol–water partition coefficient (Wildman–Crippen LogP) is 3.26. The number of aromatic nitrogens is 1. The summed E-state index contributed by atoms with van der Waals surface area (Å²) in [4.78, 5) is 15.8. The Bertz CT molecular complexity index is 531. The van der Waals surface area contributed by atoms with E-state index >= 15 is 0 Å². The summed E-state index contributed by atoms with van der Waals surface area (Å²) in [5.74, 6) is 0.681. The Hall–Kier alpha value is -1.84. The van der Waals surface area contributed by atoms with E-state index in [1.165, 1.54) is 0 Å². The molecule has 0 bridgehead atoms. The standard InChI is InChI=1S/C13H16N2O2/c1-3-4-5-13(16)15-10-6-7-12-11(8-10)14-9(2)17-12/h6-8H,3-5H2,1-2H3,(H,15,16). The molecular weight excluding hydrogens is 216 g/mol. The summed E-state index contributed by atoms with van der Waals surface area (Å²) in [7, 11) is 0. The number of nitrogens with one attached hydrogen (secondary N) is 1. The van der Waals surface area contributed by atoms with Gasteiger partial charge in [-0.15, -0.1) is 0 Å². The minimum atomic E-state index is 0.0476. The Morgan fingerprint density at radius 3 is 3.06 bits per heavy atom. The van der Waals surface area contributed by atoms with Crippen LogP contribution >= 0.6 is 0 Å². The summed E-state index contributed by atoms with van der Waals surface area (Å²) in [5, 5.41) is 2.86. The Kier molecular flexibility index (Phi) is 3.42. The normalized spacial score (nSPS) is 10.7. The van der Waals surface area contributed by atoms with Gasteiger partial charge in [0, 0.05) is 19.0 Å². The van der Waals surface area contributed by atoms with E-state index in [4.69, 9.17) is 4.42 Å². The van der Waals surface area contributed by atoms with Crippen LogP contribution in [0.4, 0.5) is 5.69 Å². The lowest BCUT2D eigenvalue weighted by atomic mass is 10.2. The minimum absolute atomic E-state index is 0.0476. The largest absolute Gasteiger partial charge is 0.441 e. The van der Waals surface area contributed by atoms with Crippen molar-refractivity contribution >= 4 is 22.7 Å². The third kappa shape index (κ3) is 2.84. The number of carbonyl (C=O) groups excluding carboxylic acids is 1. The quantitative estimate of drug-likeness (QED) is 0.880. The van der Waals surface area contributed by atoms with Crippen LogP contribution < -0.4 is 5.32 Å². The number of oxazole rings is 1. The fraction of sp³-hybridized carbons (Fsp3) is 0.385. The van der Waals surface area contributed by atoms with Crippen molar-refractivity contribution < 1.29 is 9.21 Å². The van der Waals surface area contributed by atoms with E-state index in [1.54, 1.807) is 6.92 Å². The molecule has 2 aromatic rings. The highest BCUT2D eigenvalue weighted by Crippen LogP contribution is 2.19.